The normalized spacial score (nSPS) is 26.3. The molecule has 2 aliphatic heterocycles. The van der Waals surface area contributed by atoms with Crippen molar-refractivity contribution in [1.82, 2.24) is 9.88 Å². The molecular formula is C17H25N3O3S. The van der Waals surface area contributed by atoms with Crippen molar-refractivity contribution < 1.29 is 13.2 Å². The second-order valence-electron chi connectivity index (χ2n) is 7.07. The van der Waals surface area contributed by atoms with Crippen LogP contribution in [0.3, 0.4) is 0 Å². The summed E-state index contributed by atoms with van der Waals surface area (Å²) in [4.78, 5) is 20.9. The fourth-order valence-electron chi connectivity index (χ4n) is 3.57. The first kappa shape index (κ1) is 17.2. The molecule has 2 atom stereocenters. The number of carbonyl (C=O) groups excluding carboxylic acids is 1. The first-order valence-electron chi connectivity index (χ1n) is 8.54. The van der Waals surface area contributed by atoms with E-state index in [0.717, 1.165) is 25.3 Å². The Morgan fingerprint density at radius 2 is 2.17 bits per heavy atom. The zero-order valence-corrected chi connectivity index (χ0v) is 15.1. The van der Waals surface area contributed by atoms with Gasteiger partial charge in [0.2, 0.25) is 0 Å². The van der Waals surface area contributed by atoms with Crippen LogP contribution in [-0.4, -0.2) is 61.9 Å². The summed E-state index contributed by atoms with van der Waals surface area (Å²) >= 11 is 0. The highest BCUT2D eigenvalue weighted by Crippen LogP contribution is 2.23. The fraction of sp³-hybridized carbons (Fsp3) is 0.647. The maximum atomic E-state index is 12.7. The van der Waals surface area contributed by atoms with Gasteiger partial charge < -0.3 is 9.80 Å². The highest BCUT2D eigenvalue weighted by atomic mass is 32.2. The van der Waals surface area contributed by atoms with Crippen LogP contribution >= 0.6 is 0 Å². The van der Waals surface area contributed by atoms with Gasteiger partial charge >= 0.3 is 0 Å². The van der Waals surface area contributed by atoms with Gasteiger partial charge in [-0.2, -0.15) is 0 Å². The standard InChI is InChI=1S/C17H25N3O3S/c1-13-4-3-8-20(11-13)16-10-14(5-7-18-16)17(21)19(2)15-6-9-24(22,23)12-15/h5,7,10,13,15H,3-4,6,8-9,11-12H2,1-2H3. The molecule has 1 aromatic heterocycles. The van der Waals surface area contributed by atoms with Crippen molar-refractivity contribution in [2.45, 2.75) is 32.2 Å². The topological polar surface area (TPSA) is 70.6 Å². The van der Waals surface area contributed by atoms with Crippen LogP contribution in [0.15, 0.2) is 18.3 Å². The summed E-state index contributed by atoms with van der Waals surface area (Å²) in [6, 6.07) is 3.31. The molecule has 2 aliphatic rings. The summed E-state index contributed by atoms with van der Waals surface area (Å²) in [7, 11) is -1.31. The van der Waals surface area contributed by atoms with Gasteiger partial charge in [-0.15, -0.1) is 0 Å². The van der Waals surface area contributed by atoms with Crippen LogP contribution in [0.2, 0.25) is 0 Å². The molecule has 2 saturated heterocycles. The Morgan fingerprint density at radius 1 is 1.38 bits per heavy atom. The average Bonchev–Trinajstić information content (AvgIpc) is 2.93. The molecular weight excluding hydrogens is 326 g/mol. The molecule has 7 heteroatoms. The number of carbonyl (C=O) groups is 1. The molecule has 6 nitrogen and oxygen atoms in total. The van der Waals surface area contributed by atoms with Gasteiger partial charge in [0.05, 0.1) is 11.5 Å². The summed E-state index contributed by atoms with van der Waals surface area (Å²) < 4.78 is 23.3. The monoisotopic (exact) mass is 351 g/mol. The van der Waals surface area contributed by atoms with Crippen LogP contribution in [0.4, 0.5) is 5.82 Å². The fourth-order valence-corrected chi connectivity index (χ4v) is 5.35. The zero-order chi connectivity index (χ0) is 17.3. The van der Waals surface area contributed by atoms with Crippen LogP contribution in [0.25, 0.3) is 0 Å². The van der Waals surface area contributed by atoms with Gasteiger partial charge in [-0.3, -0.25) is 4.79 Å². The minimum absolute atomic E-state index is 0.0663. The third kappa shape index (κ3) is 3.71. The van der Waals surface area contributed by atoms with E-state index in [1.165, 1.54) is 6.42 Å². The maximum Gasteiger partial charge on any atom is 0.254 e. The van der Waals surface area contributed by atoms with Crippen molar-refractivity contribution in [2.75, 3.05) is 36.5 Å². The molecule has 2 fully saturated rings. The van der Waals surface area contributed by atoms with Crippen LogP contribution in [0.1, 0.15) is 36.5 Å². The van der Waals surface area contributed by atoms with Crippen LogP contribution in [0.5, 0.6) is 0 Å². The second-order valence-corrected chi connectivity index (χ2v) is 9.30. The minimum Gasteiger partial charge on any atom is -0.356 e. The van der Waals surface area contributed by atoms with E-state index in [-0.39, 0.29) is 23.5 Å². The van der Waals surface area contributed by atoms with Crippen LogP contribution in [-0.2, 0) is 9.84 Å². The Kier molecular flexibility index (Phi) is 4.80. The summed E-state index contributed by atoms with van der Waals surface area (Å²) in [6.45, 7) is 4.16. The van der Waals surface area contributed by atoms with Crippen LogP contribution < -0.4 is 4.90 Å². The van der Waals surface area contributed by atoms with Gasteiger partial charge in [-0.1, -0.05) is 6.92 Å². The molecule has 1 amide bonds. The molecule has 0 radical (unpaired) electrons. The molecule has 0 spiro atoms. The largest absolute Gasteiger partial charge is 0.356 e. The number of piperidine rings is 1. The Labute approximate surface area is 143 Å². The lowest BCUT2D eigenvalue weighted by molar-refractivity contribution is 0.0747. The number of hydrogen-bond acceptors (Lipinski definition) is 5. The molecule has 24 heavy (non-hydrogen) atoms. The Balaban J connectivity index is 1.74. The maximum absolute atomic E-state index is 12.7. The summed E-state index contributed by atoms with van der Waals surface area (Å²) in [5.41, 5.74) is 0.574. The van der Waals surface area contributed by atoms with Crippen molar-refractivity contribution in [3.05, 3.63) is 23.9 Å². The van der Waals surface area contributed by atoms with E-state index in [1.54, 1.807) is 24.2 Å². The van der Waals surface area contributed by atoms with Crippen LogP contribution in [0, 0.1) is 5.92 Å². The van der Waals surface area contributed by atoms with E-state index in [2.05, 4.69) is 16.8 Å². The Morgan fingerprint density at radius 3 is 2.83 bits per heavy atom. The lowest BCUT2D eigenvalue weighted by atomic mass is 10.0. The molecule has 1 aromatic rings. The number of anilines is 1. The number of hydrogen-bond donors (Lipinski definition) is 0. The minimum atomic E-state index is -3.00. The Bertz CT molecular complexity index is 720. The van der Waals surface area contributed by atoms with Crippen molar-refractivity contribution in [3.63, 3.8) is 0 Å². The molecule has 0 bridgehead atoms. The SMILES string of the molecule is CC1CCCN(c2cc(C(=O)N(C)C3CCS(=O)(=O)C3)ccn2)C1. The van der Waals surface area contributed by atoms with E-state index in [9.17, 15) is 13.2 Å². The van der Waals surface area contributed by atoms with Gasteiger partial charge in [0.1, 0.15) is 5.82 Å². The average molecular weight is 351 g/mol. The molecule has 0 aromatic carbocycles. The number of nitrogens with zero attached hydrogens (tertiary/aromatic N) is 3. The van der Waals surface area contributed by atoms with E-state index in [1.807, 2.05) is 6.07 Å². The lowest BCUT2D eigenvalue weighted by Crippen LogP contribution is -2.38. The third-order valence-corrected chi connectivity index (χ3v) is 6.80. The van der Waals surface area contributed by atoms with E-state index in [4.69, 9.17) is 0 Å². The molecule has 0 N–H and O–H groups in total. The summed E-state index contributed by atoms with van der Waals surface area (Å²) in [6.07, 6.45) is 4.56. The van der Waals surface area contributed by atoms with Gasteiger partial charge in [0, 0.05) is 37.9 Å². The predicted molar refractivity (Wildman–Crippen MR) is 94.0 cm³/mol. The van der Waals surface area contributed by atoms with Gasteiger partial charge in [0.25, 0.3) is 5.91 Å². The zero-order valence-electron chi connectivity index (χ0n) is 14.3. The lowest BCUT2D eigenvalue weighted by Gasteiger charge is -2.32. The quantitative estimate of drug-likeness (QED) is 0.827. The Hall–Kier alpha value is -1.63. The molecule has 3 rings (SSSR count). The van der Waals surface area contributed by atoms with E-state index in [0.29, 0.717) is 17.9 Å². The van der Waals surface area contributed by atoms with E-state index < -0.39 is 9.84 Å². The first-order chi connectivity index (χ1) is 11.4. The highest BCUT2D eigenvalue weighted by molar-refractivity contribution is 7.91. The molecule has 132 valence electrons. The second kappa shape index (κ2) is 6.70. The number of sulfone groups is 1. The van der Waals surface area contributed by atoms with Crippen molar-refractivity contribution in [2.24, 2.45) is 5.92 Å². The number of pyridine rings is 1. The summed E-state index contributed by atoms with van der Waals surface area (Å²) in [5, 5.41) is 0. The smallest absolute Gasteiger partial charge is 0.254 e. The van der Waals surface area contributed by atoms with Crippen molar-refractivity contribution in [1.29, 1.82) is 0 Å². The van der Waals surface area contributed by atoms with Gasteiger partial charge in [-0.05, 0) is 37.3 Å². The van der Waals surface area contributed by atoms with E-state index >= 15 is 0 Å². The molecule has 0 aliphatic carbocycles. The van der Waals surface area contributed by atoms with Crippen molar-refractivity contribution >= 4 is 21.6 Å². The highest BCUT2D eigenvalue weighted by Gasteiger charge is 2.33. The predicted octanol–water partition coefficient (Wildman–Crippen LogP) is 1.58. The first-order valence-corrected chi connectivity index (χ1v) is 10.4. The van der Waals surface area contributed by atoms with Gasteiger partial charge in [0.15, 0.2) is 9.84 Å². The molecule has 2 unspecified atom stereocenters. The third-order valence-electron chi connectivity index (χ3n) is 5.05. The number of amides is 1. The van der Waals surface area contributed by atoms with Crippen molar-refractivity contribution in [3.8, 4) is 0 Å². The number of rotatable bonds is 3. The number of aromatic nitrogens is 1. The van der Waals surface area contributed by atoms with Gasteiger partial charge in [-0.25, -0.2) is 13.4 Å². The molecule has 3 heterocycles. The summed E-state index contributed by atoms with van der Waals surface area (Å²) in [5.74, 6) is 1.57. The molecule has 0 saturated carbocycles.